The van der Waals surface area contributed by atoms with Gasteiger partial charge in [0.15, 0.2) is 6.61 Å². The Morgan fingerprint density at radius 3 is 2.44 bits per heavy atom. The Morgan fingerprint density at radius 2 is 1.81 bits per heavy atom. The van der Waals surface area contributed by atoms with Gasteiger partial charge in [-0.1, -0.05) is 29.8 Å². The van der Waals surface area contributed by atoms with Crippen LogP contribution in [0.4, 0.5) is 5.69 Å². The summed E-state index contributed by atoms with van der Waals surface area (Å²) in [5, 5.41) is 5.85. The molecule has 0 bridgehead atoms. The molecule has 1 fully saturated rings. The first kappa shape index (κ1) is 19.0. The molecular weight excluding hydrogens is 340 g/mol. The number of amides is 2. The van der Waals surface area contributed by atoms with E-state index in [0.29, 0.717) is 0 Å². The van der Waals surface area contributed by atoms with Crippen LogP contribution in [-0.4, -0.2) is 18.4 Å². The van der Waals surface area contributed by atoms with Crippen molar-refractivity contribution in [1.82, 2.24) is 5.32 Å². The second-order valence-corrected chi connectivity index (χ2v) is 7.23. The number of ether oxygens (including phenoxy) is 1. The van der Waals surface area contributed by atoms with E-state index in [1.807, 2.05) is 63.2 Å². The summed E-state index contributed by atoms with van der Waals surface area (Å²) in [6.45, 7) is 5.89. The molecule has 1 saturated carbocycles. The molecule has 0 saturated heterocycles. The number of rotatable bonds is 7. The lowest BCUT2D eigenvalue weighted by Gasteiger charge is -2.16. The van der Waals surface area contributed by atoms with Crippen LogP contribution in [-0.2, 0) is 9.59 Å². The van der Waals surface area contributed by atoms with E-state index >= 15 is 0 Å². The van der Waals surface area contributed by atoms with Gasteiger partial charge in [0.2, 0.25) is 5.91 Å². The Bertz CT molecular complexity index is 826. The molecule has 2 amide bonds. The Balaban J connectivity index is 1.49. The molecule has 27 heavy (non-hydrogen) atoms. The Kier molecular flexibility index (Phi) is 5.79. The molecule has 5 nitrogen and oxygen atoms in total. The summed E-state index contributed by atoms with van der Waals surface area (Å²) in [6, 6.07) is 13.3. The van der Waals surface area contributed by atoms with Crippen molar-refractivity contribution in [3.05, 3.63) is 59.2 Å². The van der Waals surface area contributed by atoms with E-state index < -0.39 is 0 Å². The molecule has 0 radical (unpaired) electrons. The van der Waals surface area contributed by atoms with Crippen LogP contribution in [0, 0.1) is 19.8 Å². The molecule has 5 heteroatoms. The summed E-state index contributed by atoms with van der Waals surface area (Å²) >= 11 is 0. The van der Waals surface area contributed by atoms with Gasteiger partial charge < -0.3 is 15.4 Å². The van der Waals surface area contributed by atoms with Crippen molar-refractivity contribution in [3.8, 4) is 5.75 Å². The third-order valence-corrected chi connectivity index (χ3v) is 4.69. The molecule has 1 aliphatic rings. The summed E-state index contributed by atoms with van der Waals surface area (Å²) in [7, 11) is 0. The molecule has 0 spiro atoms. The fraction of sp³-hybridized carbons (Fsp3) is 0.364. The maximum absolute atomic E-state index is 12.2. The van der Waals surface area contributed by atoms with Crippen LogP contribution in [0.1, 0.15) is 42.5 Å². The van der Waals surface area contributed by atoms with E-state index in [4.69, 9.17) is 4.74 Å². The number of carbonyl (C=O) groups is 2. The van der Waals surface area contributed by atoms with E-state index in [2.05, 4.69) is 10.6 Å². The lowest BCUT2D eigenvalue weighted by Crippen LogP contribution is -2.31. The number of hydrogen-bond acceptors (Lipinski definition) is 3. The van der Waals surface area contributed by atoms with E-state index in [-0.39, 0.29) is 30.4 Å². The number of aryl methyl sites for hydroxylation is 2. The largest absolute Gasteiger partial charge is 0.484 e. The summed E-state index contributed by atoms with van der Waals surface area (Å²) in [6.07, 6.45) is 1.97. The summed E-state index contributed by atoms with van der Waals surface area (Å²) < 4.78 is 5.62. The fourth-order valence-corrected chi connectivity index (χ4v) is 2.92. The van der Waals surface area contributed by atoms with Crippen molar-refractivity contribution in [1.29, 1.82) is 0 Å². The fourth-order valence-electron chi connectivity index (χ4n) is 2.92. The van der Waals surface area contributed by atoms with Crippen LogP contribution in [0.15, 0.2) is 42.5 Å². The van der Waals surface area contributed by atoms with Crippen LogP contribution in [0.5, 0.6) is 5.75 Å². The Labute approximate surface area is 160 Å². The third-order valence-electron chi connectivity index (χ3n) is 4.69. The zero-order valence-corrected chi connectivity index (χ0v) is 16.0. The number of benzene rings is 2. The predicted octanol–water partition coefficient (Wildman–Crippen LogP) is 3.91. The average molecular weight is 366 g/mol. The second kappa shape index (κ2) is 8.25. The molecule has 0 aliphatic heterocycles. The lowest BCUT2D eigenvalue weighted by atomic mass is 10.1. The molecule has 0 heterocycles. The van der Waals surface area contributed by atoms with Crippen LogP contribution >= 0.6 is 0 Å². The molecule has 2 N–H and O–H groups in total. The van der Waals surface area contributed by atoms with Gasteiger partial charge in [0, 0.05) is 11.6 Å². The monoisotopic (exact) mass is 366 g/mol. The first-order chi connectivity index (χ1) is 12.9. The standard InChI is InChI=1S/C22H26N2O3/c1-14-4-11-20(15(2)12-14)27-13-21(25)23-16(3)17-7-9-19(10-8-17)24-22(26)18-5-6-18/h4,7-12,16,18H,5-6,13H2,1-3H3,(H,23,25)(H,24,26). The quantitative estimate of drug-likeness (QED) is 0.781. The second-order valence-electron chi connectivity index (χ2n) is 7.23. The molecular formula is C22H26N2O3. The minimum absolute atomic E-state index is 0.0240. The highest BCUT2D eigenvalue weighted by atomic mass is 16.5. The van der Waals surface area contributed by atoms with Crippen molar-refractivity contribution in [3.63, 3.8) is 0 Å². The Morgan fingerprint density at radius 1 is 1.11 bits per heavy atom. The maximum Gasteiger partial charge on any atom is 0.258 e. The van der Waals surface area contributed by atoms with E-state index in [9.17, 15) is 9.59 Å². The highest BCUT2D eigenvalue weighted by Crippen LogP contribution is 2.30. The number of carbonyl (C=O) groups excluding carboxylic acids is 2. The molecule has 1 unspecified atom stereocenters. The molecule has 2 aromatic carbocycles. The molecule has 1 aliphatic carbocycles. The van der Waals surface area contributed by atoms with Gasteiger partial charge in [-0.15, -0.1) is 0 Å². The van der Waals surface area contributed by atoms with Gasteiger partial charge >= 0.3 is 0 Å². The molecule has 0 aromatic heterocycles. The topological polar surface area (TPSA) is 67.4 Å². The first-order valence-electron chi connectivity index (χ1n) is 9.32. The van der Waals surface area contributed by atoms with Crippen LogP contribution < -0.4 is 15.4 Å². The van der Waals surface area contributed by atoms with Crippen LogP contribution in [0.25, 0.3) is 0 Å². The summed E-state index contributed by atoms with van der Waals surface area (Å²) in [5.41, 5.74) is 3.93. The Hall–Kier alpha value is -2.82. The van der Waals surface area contributed by atoms with Gasteiger partial charge in [0.25, 0.3) is 5.91 Å². The summed E-state index contributed by atoms with van der Waals surface area (Å²) in [5.74, 6) is 0.820. The van der Waals surface area contributed by atoms with Crippen molar-refractivity contribution < 1.29 is 14.3 Å². The minimum atomic E-state index is -0.173. The average Bonchev–Trinajstić information content (AvgIpc) is 3.46. The number of hydrogen-bond donors (Lipinski definition) is 2. The first-order valence-corrected chi connectivity index (χ1v) is 9.32. The number of anilines is 1. The van der Waals surface area contributed by atoms with Crippen molar-refractivity contribution in [2.24, 2.45) is 5.92 Å². The summed E-state index contributed by atoms with van der Waals surface area (Å²) in [4.78, 5) is 24.0. The van der Waals surface area contributed by atoms with Gasteiger partial charge in [-0.3, -0.25) is 9.59 Å². The van der Waals surface area contributed by atoms with Gasteiger partial charge in [-0.2, -0.15) is 0 Å². The molecule has 142 valence electrons. The van der Waals surface area contributed by atoms with E-state index in [1.54, 1.807) is 0 Å². The molecule has 1 atom stereocenters. The predicted molar refractivity (Wildman–Crippen MR) is 106 cm³/mol. The van der Waals surface area contributed by atoms with Crippen LogP contribution in [0.3, 0.4) is 0 Å². The minimum Gasteiger partial charge on any atom is -0.484 e. The van der Waals surface area contributed by atoms with Crippen molar-refractivity contribution in [2.75, 3.05) is 11.9 Å². The number of nitrogens with one attached hydrogen (secondary N) is 2. The van der Waals surface area contributed by atoms with E-state index in [0.717, 1.165) is 41.0 Å². The third kappa shape index (κ3) is 5.33. The lowest BCUT2D eigenvalue weighted by molar-refractivity contribution is -0.123. The van der Waals surface area contributed by atoms with Crippen molar-refractivity contribution >= 4 is 17.5 Å². The maximum atomic E-state index is 12.2. The van der Waals surface area contributed by atoms with Crippen LogP contribution in [0.2, 0.25) is 0 Å². The van der Waals surface area contributed by atoms with Crippen molar-refractivity contribution in [2.45, 2.75) is 39.7 Å². The van der Waals surface area contributed by atoms with E-state index in [1.165, 1.54) is 0 Å². The van der Waals surface area contributed by atoms with Gasteiger partial charge in [-0.05, 0) is 62.9 Å². The SMILES string of the molecule is Cc1ccc(OCC(=O)NC(C)c2ccc(NC(=O)C3CC3)cc2)c(C)c1. The highest BCUT2D eigenvalue weighted by Gasteiger charge is 2.29. The highest BCUT2D eigenvalue weighted by molar-refractivity contribution is 5.94. The van der Waals surface area contributed by atoms with Gasteiger partial charge in [-0.25, -0.2) is 0 Å². The zero-order valence-electron chi connectivity index (χ0n) is 16.0. The molecule has 2 aromatic rings. The van der Waals surface area contributed by atoms with Gasteiger partial charge in [0.1, 0.15) is 5.75 Å². The molecule has 3 rings (SSSR count). The normalized spacial score (nSPS) is 14.3. The van der Waals surface area contributed by atoms with Gasteiger partial charge in [0.05, 0.1) is 6.04 Å². The zero-order chi connectivity index (χ0) is 19.4. The smallest absolute Gasteiger partial charge is 0.258 e.